The van der Waals surface area contributed by atoms with Gasteiger partial charge in [0.2, 0.25) is 5.91 Å². The number of hydrogen-bond acceptors (Lipinski definition) is 3. The molecule has 1 aliphatic rings. The number of rotatable bonds is 4. The minimum Gasteiger partial charge on any atom is -0.336 e. The van der Waals surface area contributed by atoms with Crippen LogP contribution in [0.15, 0.2) is 54.6 Å². The van der Waals surface area contributed by atoms with Gasteiger partial charge in [0.25, 0.3) is 5.91 Å². The van der Waals surface area contributed by atoms with Crippen LogP contribution in [-0.4, -0.2) is 54.3 Å². The first kappa shape index (κ1) is 19.9. The van der Waals surface area contributed by atoms with Crippen LogP contribution in [0.3, 0.4) is 0 Å². The number of nitrogens with zero attached hydrogens (tertiary/aromatic N) is 2. The van der Waals surface area contributed by atoms with Gasteiger partial charge in [-0.2, -0.15) is 13.2 Å². The summed E-state index contributed by atoms with van der Waals surface area (Å²) in [5, 5.41) is 2.81. The van der Waals surface area contributed by atoms with Crippen molar-refractivity contribution in [3.05, 3.63) is 65.7 Å². The fraction of sp³-hybridized carbons (Fsp3) is 0.300. The molecule has 0 aromatic heterocycles. The van der Waals surface area contributed by atoms with Gasteiger partial charge in [0, 0.05) is 37.4 Å². The van der Waals surface area contributed by atoms with Crippen molar-refractivity contribution >= 4 is 17.5 Å². The van der Waals surface area contributed by atoms with Crippen LogP contribution in [0.1, 0.15) is 15.9 Å². The fourth-order valence-corrected chi connectivity index (χ4v) is 3.02. The predicted octanol–water partition coefficient (Wildman–Crippen LogP) is 3.10. The van der Waals surface area contributed by atoms with Crippen molar-refractivity contribution in [3.63, 3.8) is 0 Å². The van der Waals surface area contributed by atoms with E-state index in [-0.39, 0.29) is 23.9 Å². The van der Waals surface area contributed by atoms with E-state index in [2.05, 4.69) is 5.32 Å². The van der Waals surface area contributed by atoms with E-state index in [1.807, 2.05) is 23.1 Å². The highest BCUT2D eigenvalue weighted by Gasteiger charge is 2.30. The Bertz CT molecular complexity index is 815. The van der Waals surface area contributed by atoms with Gasteiger partial charge in [-0.05, 0) is 36.4 Å². The topological polar surface area (TPSA) is 52.7 Å². The third kappa shape index (κ3) is 5.10. The molecule has 3 rings (SSSR count). The predicted molar refractivity (Wildman–Crippen MR) is 98.9 cm³/mol. The van der Waals surface area contributed by atoms with E-state index in [4.69, 9.17) is 0 Å². The number of halogens is 3. The molecule has 1 heterocycles. The maximum atomic E-state index is 12.6. The van der Waals surface area contributed by atoms with Crippen molar-refractivity contribution in [2.24, 2.45) is 0 Å². The van der Waals surface area contributed by atoms with E-state index >= 15 is 0 Å². The lowest BCUT2D eigenvalue weighted by Crippen LogP contribution is -2.50. The van der Waals surface area contributed by atoms with E-state index in [1.54, 1.807) is 17.0 Å². The standard InChI is InChI=1S/C20H20F3N3O2/c21-20(22,23)16-8-6-15(7-9-16)19(28)26-12-10-25(11-13-26)14-18(27)24-17-4-2-1-3-5-17/h1-9H,10-14H2,(H,24,27). The Balaban J connectivity index is 1.49. The van der Waals surface area contributed by atoms with E-state index in [0.29, 0.717) is 26.2 Å². The SMILES string of the molecule is O=C(CN1CCN(C(=O)c2ccc(C(F)(F)F)cc2)CC1)Nc1ccccc1. The number of anilines is 1. The van der Waals surface area contributed by atoms with Crippen molar-refractivity contribution in [2.75, 3.05) is 38.0 Å². The lowest BCUT2D eigenvalue weighted by atomic mass is 10.1. The highest BCUT2D eigenvalue weighted by molar-refractivity contribution is 5.94. The highest BCUT2D eigenvalue weighted by Crippen LogP contribution is 2.29. The molecule has 0 radical (unpaired) electrons. The van der Waals surface area contributed by atoms with Crippen LogP contribution < -0.4 is 5.32 Å². The van der Waals surface area contributed by atoms with Crippen molar-refractivity contribution in [1.29, 1.82) is 0 Å². The highest BCUT2D eigenvalue weighted by atomic mass is 19.4. The number of alkyl halides is 3. The van der Waals surface area contributed by atoms with E-state index in [0.717, 1.165) is 17.8 Å². The molecule has 0 unspecified atom stereocenters. The van der Waals surface area contributed by atoms with Crippen LogP contribution in [0.5, 0.6) is 0 Å². The first-order valence-electron chi connectivity index (χ1n) is 8.87. The van der Waals surface area contributed by atoms with Gasteiger partial charge in [0.1, 0.15) is 0 Å². The Hall–Kier alpha value is -2.87. The molecule has 0 spiro atoms. The van der Waals surface area contributed by atoms with Crippen LogP contribution in [0, 0.1) is 0 Å². The lowest BCUT2D eigenvalue weighted by Gasteiger charge is -2.34. The van der Waals surface area contributed by atoms with Crippen LogP contribution in [0.25, 0.3) is 0 Å². The van der Waals surface area contributed by atoms with Gasteiger partial charge in [-0.15, -0.1) is 0 Å². The average molecular weight is 391 g/mol. The largest absolute Gasteiger partial charge is 0.416 e. The smallest absolute Gasteiger partial charge is 0.336 e. The number of nitrogens with one attached hydrogen (secondary N) is 1. The molecule has 2 aromatic carbocycles. The van der Waals surface area contributed by atoms with Crippen LogP contribution in [-0.2, 0) is 11.0 Å². The van der Waals surface area contributed by atoms with Gasteiger partial charge in [0.15, 0.2) is 0 Å². The molecule has 0 saturated carbocycles. The first-order valence-corrected chi connectivity index (χ1v) is 8.87. The molecular weight excluding hydrogens is 371 g/mol. The second-order valence-corrected chi connectivity index (χ2v) is 6.56. The molecule has 0 atom stereocenters. The van der Waals surface area contributed by atoms with Crippen LogP contribution in [0.4, 0.5) is 18.9 Å². The zero-order valence-corrected chi connectivity index (χ0v) is 15.1. The van der Waals surface area contributed by atoms with E-state index < -0.39 is 11.7 Å². The molecule has 28 heavy (non-hydrogen) atoms. The molecule has 1 aliphatic heterocycles. The number of carbonyl (C=O) groups is 2. The molecule has 1 N–H and O–H groups in total. The zero-order valence-electron chi connectivity index (χ0n) is 15.1. The number of para-hydroxylation sites is 1. The third-order valence-electron chi connectivity index (χ3n) is 4.54. The fourth-order valence-electron chi connectivity index (χ4n) is 3.02. The Morgan fingerprint density at radius 2 is 1.50 bits per heavy atom. The third-order valence-corrected chi connectivity index (χ3v) is 4.54. The molecule has 2 aromatic rings. The zero-order chi connectivity index (χ0) is 20.1. The van der Waals surface area contributed by atoms with Gasteiger partial charge in [-0.1, -0.05) is 18.2 Å². The Labute approximate surface area is 160 Å². The summed E-state index contributed by atoms with van der Waals surface area (Å²) in [4.78, 5) is 28.1. The second kappa shape index (κ2) is 8.43. The summed E-state index contributed by atoms with van der Waals surface area (Å²) in [6.07, 6.45) is -4.42. The van der Waals surface area contributed by atoms with Gasteiger partial charge in [-0.25, -0.2) is 0 Å². The van der Waals surface area contributed by atoms with E-state index in [9.17, 15) is 22.8 Å². The minimum atomic E-state index is -4.42. The summed E-state index contributed by atoms with van der Waals surface area (Å²) in [5.74, 6) is -0.434. The van der Waals surface area contributed by atoms with Crippen molar-refractivity contribution in [3.8, 4) is 0 Å². The number of hydrogen-bond donors (Lipinski definition) is 1. The molecular formula is C20H20F3N3O2. The van der Waals surface area contributed by atoms with Gasteiger partial charge < -0.3 is 10.2 Å². The summed E-state index contributed by atoms with van der Waals surface area (Å²) < 4.78 is 37.9. The van der Waals surface area contributed by atoms with Crippen LogP contribution in [0.2, 0.25) is 0 Å². The number of amides is 2. The normalized spacial score (nSPS) is 15.3. The van der Waals surface area contributed by atoms with E-state index in [1.165, 1.54) is 12.1 Å². The molecule has 2 amide bonds. The molecule has 8 heteroatoms. The van der Waals surface area contributed by atoms with Crippen LogP contribution >= 0.6 is 0 Å². The Kier molecular flexibility index (Phi) is 5.99. The number of benzene rings is 2. The summed E-state index contributed by atoms with van der Waals surface area (Å²) in [5.41, 5.74) is 0.171. The molecule has 148 valence electrons. The maximum Gasteiger partial charge on any atom is 0.416 e. The monoisotopic (exact) mass is 391 g/mol. The molecule has 1 saturated heterocycles. The molecule has 0 aliphatic carbocycles. The average Bonchev–Trinajstić information content (AvgIpc) is 2.68. The number of piperazine rings is 1. The maximum absolute atomic E-state index is 12.6. The Morgan fingerprint density at radius 1 is 0.893 bits per heavy atom. The summed E-state index contributed by atoms with van der Waals surface area (Å²) >= 11 is 0. The minimum absolute atomic E-state index is 0.131. The quantitative estimate of drug-likeness (QED) is 0.872. The summed E-state index contributed by atoms with van der Waals surface area (Å²) in [7, 11) is 0. The van der Waals surface area contributed by atoms with Crippen molar-refractivity contribution < 1.29 is 22.8 Å². The van der Waals surface area contributed by atoms with Gasteiger partial charge >= 0.3 is 6.18 Å². The molecule has 1 fully saturated rings. The van der Waals surface area contributed by atoms with Gasteiger partial charge in [-0.3, -0.25) is 14.5 Å². The Morgan fingerprint density at radius 3 is 2.07 bits per heavy atom. The molecule has 5 nitrogen and oxygen atoms in total. The van der Waals surface area contributed by atoms with Crippen molar-refractivity contribution in [1.82, 2.24) is 9.80 Å². The summed E-state index contributed by atoms with van der Waals surface area (Å²) in [6, 6.07) is 13.4. The van der Waals surface area contributed by atoms with Crippen molar-refractivity contribution in [2.45, 2.75) is 6.18 Å². The molecule has 0 bridgehead atoms. The summed E-state index contributed by atoms with van der Waals surface area (Å²) in [6.45, 7) is 2.09. The van der Waals surface area contributed by atoms with Gasteiger partial charge in [0.05, 0.1) is 12.1 Å². The lowest BCUT2D eigenvalue weighted by molar-refractivity contribution is -0.137. The first-order chi connectivity index (χ1) is 13.3. The number of carbonyl (C=O) groups excluding carboxylic acids is 2. The second-order valence-electron chi connectivity index (χ2n) is 6.56.